The molecule has 0 amide bonds. The number of thiol groups is 1. The third kappa shape index (κ3) is 14.5. The molecule has 0 N–H and O–H groups in total. The molecule has 0 saturated carbocycles. The van der Waals surface area contributed by atoms with Gasteiger partial charge >= 0.3 is 0 Å². The minimum atomic E-state index is -2.56. The second-order valence-corrected chi connectivity index (χ2v) is 12.4. The molecule has 236 valence electrons. The first-order chi connectivity index (χ1) is 19.5. The molecule has 0 unspecified atom stereocenters. The number of alkyl halides is 2. The van der Waals surface area contributed by atoms with Crippen LogP contribution in [-0.4, -0.2) is 16.7 Å². The van der Waals surface area contributed by atoms with Crippen LogP contribution in [0.4, 0.5) is 8.78 Å². The molecule has 4 heteroatoms. The minimum Gasteiger partial charge on any atom is -0.344 e. The topological polar surface area (TPSA) is 4.93 Å². The zero-order valence-electron chi connectivity index (χ0n) is 28.0. The molecule has 0 saturated heterocycles. The van der Waals surface area contributed by atoms with Crippen molar-refractivity contribution in [1.82, 2.24) is 4.57 Å². The Kier molecular flexibility index (Phi) is 22.1. The first-order valence-electron chi connectivity index (χ1n) is 16.3. The van der Waals surface area contributed by atoms with Crippen LogP contribution in [-0.2, 0) is 13.0 Å². The van der Waals surface area contributed by atoms with Gasteiger partial charge in [0.05, 0.1) is 0 Å². The largest absolute Gasteiger partial charge is 0.344 e. The first-order valence-corrected chi connectivity index (χ1v) is 17.0. The number of hydrogen-bond acceptors (Lipinski definition) is 1. The maximum atomic E-state index is 14.5. The lowest BCUT2D eigenvalue weighted by molar-refractivity contribution is 0.195. The van der Waals surface area contributed by atoms with Crippen LogP contribution in [0.3, 0.4) is 0 Å². The van der Waals surface area contributed by atoms with Gasteiger partial charge in [-0.3, -0.25) is 0 Å². The number of aromatic nitrogens is 1. The van der Waals surface area contributed by atoms with Crippen molar-refractivity contribution >= 4 is 24.3 Å². The Morgan fingerprint density at radius 1 is 0.927 bits per heavy atom. The van der Waals surface area contributed by atoms with Gasteiger partial charge in [0, 0.05) is 29.1 Å². The normalized spacial score (nSPS) is 12.5. The number of unbranched alkanes of at least 4 members (excludes halogenated alkanes) is 7. The maximum Gasteiger partial charge on any atom is 0.264 e. The van der Waals surface area contributed by atoms with E-state index >= 15 is 0 Å². The van der Waals surface area contributed by atoms with Crippen molar-refractivity contribution in [2.45, 2.75) is 152 Å². The molecule has 0 aliphatic heterocycles. The maximum absolute atomic E-state index is 14.5. The molecule has 1 aromatic rings. The summed E-state index contributed by atoms with van der Waals surface area (Å²) < 4.78 is 31.2. The molecule has 0 aromatic carbocycles. The summed E-state index contributed by atoms with van der Waals surface area (Å²) in [5, 5.41) is 0. The van der Waals surface area contributed by atoms with Crippen LogP contribution < -0.4 is 0 Å². The van der Waals surface area contributed by atoms with Crippen LogP contribution in [0, 0.1) is 12.8 Å². The number of nitrogens with zero attached hydrogens (tertiary/aromatic N) is 1. The molecule has 0 atom stereocenters. The molecule has 0 aliphatic carbocycles. The van der Waals surface area contributed by atoms with E-state index in [0.717, 1.165) is 72.7 Å². The Labute approximate surface area is 259 Å². The van der Waals surface area contributed by atoms with E-state index in [2.05, 4.69) is 71.9 Å². The lowest BCUT2D eigenvalue weighted by atomic mass is 9.87. The fourth-order valence-corrected chi connectivity index (χ4v) is 5.81. The molecule has 0 spiro atoms. The third-order valence-electron chi connectivity index (χ3n) is 7.62. The predicted octanol–water partition coefficient (Wildman–Crippen LogP) is 12.8. The van der Waals surface area contributed by atoms with Crippen LogP contribution >= 0.6 is 12.6 Å². The molecule has 0 bridgehead atoms. The Balaban J connectivity index is 0.00000239. The van der Waals surface area contributed by atoms with E-state index in [4.69, 9.17) is 0 Å². The van der Waals surface area contributed by atoms with Crippen molar-refractivity contribution < 1.29 is 8.78 Å². The van der Waals surface area contributed by atoms with Crippen molar-refractivity contribution in [3.8, 4) is 0 Å². The molecular formula is C37H63F2NS. The summed E-state index contributed by atoms with van der Waals surface area (Å²) in [5.41, 5.74) is 6.69. The fourth-order valence-electron chi connectivity index (χ4n) is 5.58. The van der Waals surface area contributed by atoms with Crippen LogP contribution in [0.15, 0.2) is 36.0 Å². The molecule has 0 radical (unpaired) electrons. The summed E-state index contributed by atoms with van der Waals surface area (Å²) in [6.07, 6.45) is 15.8. The highest BCUT2D eigenvalue weighted by Gasteiger charge is 2.27. The summed E-state index contributed by atoms with van der Waals surface area (Å²) in [6.45, 7) is 25.8. The zero-order chi connectivity index (χ0) is 31.4. The average molecular weight is 592 g/mol. The quantitative estimate of drug-likeness (QED) is 0.0874. The Morgan fingerprint density at radius 2 is 1.51 bits per heavy atom. The first kappa shape index (κ1) is 39.5. The lowest BCUT2D eigenvalue weighted by Gasteiger charge is -2.18. The summed E-state index contributed by atoms with van der Waals surface area (Å²) in [6, 6.07) is 0. The van der Waals surface area contributed by atoms with E-state index in [1.165, 1.54) is 57.1 Å². The van der Waals surface area contributed by atoms with E-state index < -0.39 is 6.43 Å². The predicted molar refractivity (Wildman–Crippen MR) is 186 cm³/mol. The van der Waals surface area contributed by atoms with Crippen molar-refractivity contribution in [2.75, 3.05) is 5.75 Å². The van der Waals surface area contributed by atoms with Gasteiger partial charge in [-0.2, -0.15) is 12.6 Å². The Hall–Kier alpha value is -1.55. The van der Waals surface area contributed by atoms with Gasteiger partial charge in [-0.25, -0.2) is 8.78 Å². The van der Waals surface area contributed by atoms with Crippen molar-refractivity contribution in [3.63, 3.8) is 0 Å². The van der Waals surface area contributed by atoms with Gasteiger partial charge in [-0.15, -0.1) is 0 Å². The second kappa shape index (κ2) is 23.0. The van der Waals surface area contributed by atoms with E-state index in [0.29, 0.717) is 11.1 Å². The summed E-state index contributed by atoms with van der Waals surface area (Å²) >= 11 is 4.29. The number of halogens is 2. The lowest BCUT2D eigenvalue weighted by Crippen LogP contribution is -2.07. The van der Waals surface area contributed by atoms with Gasteiger partial charge in [0.25, 0.3) is 6.43 Å². The average Bonchev–Trinajstić information content (AvgIpc) is 3.18. The molecule has 1 nitrogen and oxygen atoms in total. The minimum absolute atomic E-state index is 0.0818. The van der Waals surface area contributed by atoms with E-state index in [-0.39, 0.29) is 5.57 Å². The SMILES string of the molecule is C=Cc1c(C(=C(\C)CCCC)/C(=C\C(=C)C)C(F)F)c(C)c(CC)n1CCCCCCCCCS.CCCC(C)C. The van der Waals surface area contributed by atoms with Crippen LogP contribution in [0.1, 0.15) is 148 Å². The van der Waals surface area contributed by atoms with Crippen molar-refractivity contribution in [2.24, 2.45) is 5.92 Å². The molecule has 41 heavy (non-hydrogen) atoms. The molecule has 1 heterocycles. The smallest absolute Gasteiger partial charge is 0.264 e. The monoisotopic (exact) mass is 591 g/mol. The molecule has 1 aromatic heterocycles. The van der Waals surface area contributed by atoms with E-state index in [1.807, 2.05) is 13.0 Å². The van der Waals surface area contributed by atoms with Crippen molar-refractivity contribution in [1.29, 1.82) is 0 Å². The number of hydrogen-bond donors (Lipinski definition) is 1. The summed E-state index contributed by atoms with van der Waals surface area (Å²) in [5.74, 6) is 1.87. The Bertz CT molecular complexity index is 949. The third-order valence-corrected chi connectivity index (χ3v) is 7.94. The van der Waals surface area contributed by atoms with Gasteiger partial charge < -0.3 is 4.57 Å². The second-order valence-electron chi connectivity index (χ2n) is 11.9. The van der Waals surface area contributed by atoms with Gasteiger partial charge in [0.1, 0.15) is 0 Å². The van der Waals surface area contributed by atoms with E-state index in [9.17, 15) is 8.78 Å². The van der Waals surface area contributed by atoms with Gasteiger partial charge in [0.2, 0.25) is 0 Å². The van der Waals surface area contributed by atoms with Crippen LogP contribution in [0.2, 0.25) is 0 Å². The van der Waals surface area contributed by atoms with E-state index in [1.54, 1.807) is 13.0 Å². The molecule has 1 rings (SSSR count). The van der Waals surface area contributed by atoms with Crippen LogP contribution in [0.5, 0.6) is 0 Å². The molecular weight excluding hydrogens is 528 g/mol. The number of allylic oxidation sites excluding steroid dienone is 5. The summed E-state index contributed by atoms with van der Waals surface area (Å²) in [7, 11) is 0. The van der Waals surface area contributed by atoms with Gasteiger partial charge in [-0.1, -0.05) is 116 Å². The van der Waals surface area contributed by atoms with Crippen LogP contribution in [0.25, 0.3) is 11.6 Å². The van der Waals surface area contributed by atoms with Crippen molar-refractivity contribution in [3.05, 3.63) is 58.5 Å². The molecule has 0 fully saturated rings. The number of rotatable bonds is 20. The standard InChI is InChI=1S/C31H49F2NS.C6H14/c1-8-11-19-24(6)29(26(31(32)33)22-23(4)5)30-25(7)27(9-2)34(28(30)10-3)20-17-15-13-12-14-16-18-21-35;1-4-5-6(2)3/h10,22,31,35H,3-4,8-9,11-21H2,1-2,5-7H3;6H,4-5H2,1-3H3/b26-22+,29-24+;. The highest BCUT2D eigenvalue weighted by molar-refractivity contribution is 7.80. The fraction of sp³-hybridized carbons (Fsp3) is 0.676. The highest BCUT2D eigenvalue weighted by atomic mass is 32.1. The Morgan fingerprint density at radius 3 is 1.93 bits per heavy atom. The highest BCUT2D eigenvalue weighted by Crippen LogP contribution is 2.40. The van der Waals surface area contributed by atoms with Gasteiger partial charge in [0.15, 0.2) is 0 Å². The van der Waals surface area contributed by atoms with Gasteiger partial charge in [-0.05, 0) is 81.8 Å². The summed E-state index contributed by atoms with van der Waals surface area (Å²) in [4.78, 5) is 0. The zero-order valence-corrected chi connectivity index (χ0v) is 28.9. The molecule has 0 aliphatic rings.